The van der Waals surface area contributed by atoms with Crippen molar-refractivity contribution in [1.29, 1.82) is 0 Å². The highest BCUT2D eigenvalue weighted by Gasteiger charge is 2.35. The number of hydrogen-bond acceptors (Lipinski definition) is 3. The van der Waals surface area contributed by atoms with Crippen molar-refractivity contribution in [1.82, 2.24) is 0 Å². The van der Waals surface area contributed by atoms with E-state index >= 15 is 0 Å². The van der Waals surface area contributed by atoms with Gasteiger partial charge in [0.15, 0.2) is 0 Å². The molecule has 0 spiro atoms. The van der Waals surface area contributed by atoms with Gasteiger partial charge in [0.25, 0.3) is 0 Å². The van der Waals surface area contributed by atoms with E-state index < -0.39 is 0 Å². The fourth-order valence-corrected chi connectivity index (χ4v) is 2.58. The predicted octanol–water partition coefficient (Wildman–Crippen LogP) is 4.07. The van der Waals surface area contributed by atoms with Crippen LogP contribution in [0.2, 0.25) is 0 Å². The summed E-state index contributed by atoms with van der Waals surface area (Å²) in [6.45, 7) is 10.5. The van der Waals surface area contributed by atoms with Crippen LogP contribution < -0.4 is 0 Å². The Hall–Kier alpha value is -0.830. The summed E-state index contributed by atoms with van der Waals surface area (Å²) in [5.41, 5.74) is 0.339. The van der Waals surface area contributed by atoms with E-state index in [0.717, 1.165) is 12.8 Å². The van der Waals surface area contributed by atoms with Crippen LogP contribution in [0.1, 0.15) is 60.3 Å². The van der Waals surface area contributed by atoms with Gasteiger partial charge in [-0.05, 0) is 50.5 Å². The molecular formula is C16H28O3. The molecule has 3 nitrogen and oxygen atoms in total. The minimum Gasteiger partial charge on any atom is -0.430 e. The van der Waals surface area contributed by atoms with E-state index in [4.69, 9.17) is 9.47 Å². The first-order chi connectivity index (χ1) is 8.87. The van der Waals surface area contributed by atoms with Crippen molar-refractivity contribution in [3.63, 3.8) is 0 Å². The average Bonchev–Trinajstić information content (AvgIpc) is 2.36. The second kappa shape index (κ2) is 7.09. The molecule has 0 bridgehead atoms. The lowest BCUT2D eigenvalue weighted by atomic mass is 9.67. The Morgan fingerprint density at radius 2 is 2.16 bits per heavy atom. The smallest absolute Gasteiger partial charge is 0.337 e. The lowest BCUT2D eigenvalue weighted by Crippen LogP contribution is -2.35. The maximum Gasteiger partial charge on any atom is 0.337 e. The summed E-state index contributed by atoms with van der Waals surface area (Å²) in [6.07, 6.45) is 6.50. The van der Waals surface area contributed by atoms with Crippen molar-refractivity contribution < 1.29 is 14.3 Å². The third-order valence-electron chi connectivity index (χ3n) is 4.48. The quantitative estimate of drug-likeness (QED) is 0.557. The van der Waals surface area contributed by atoms with Gasteiger partial charge in [-0.2, -0.15) is 0 Å². The molecule has 0 aromatic heterocycles. The van der Waals surface area contributed by atoms with E-state index in [9.17, 15) is 4.79 Å². The Bertz CT molecular complexity index is 333. The van der Waals surface area contributed by atoms with Gasteiger partial charge >= 0.3 is 5.97 Å². The number of ether oxygens (including phenoxy) is 2. The molecule has 1 aliphatic rings. The third-order valence-corrected chi connectivity index (χ3v) is 4.48. The molecule has 2 atom stereocenters. The third kappa shape index (κ3) is 4.98. The second-order valence-electron chi connectivity index (χ2n) is 6.21. The van der Waals surface area contributed by atoms with Gasteiger partial charge in [-0.15, -0.1) is 0 Å². The first kappa shape index (κ1) is 16.2. The summed E-state index contributed by atoms with van der Waals surface area (Å²) in [6, 6.07) is 0. The van der Waals surface area contributed by atoms with E-state index in [-0.39, 0.29) is 18.7 Å². The molecule has 0 N–H and O–H groups in total. The van der Waals surface area contributed by atoms with Gasteiger partial charge in [0, 0.05) is 0 Å². The molecule has 0 amide bonds. The molecule has 1 saturated carbocycles. The zero-order valence-corrected chi connectivity index (χ0v) is 13.0. The van der Waals surface area contributed by atoms with Gasteiger partial charge in [0.2, 0.25) is 0 Å². The zero-order valence-electron chi connectivity index (χ0n) is 13.0. The highest BCUT2D eigenvalue weighted by Crippen LogP contribution is 2.42. The summed E-state index contributed by atoms with van der Waals surface area (Å²) in [4.78, 5) is 11.6. The van der Waals surface area contributed by atoms with Gasteiger partial charge in [0.1, 0.15) is 12.4 Å². The largest absolute Gasteiger partial charge is 0.430 e. The van der Waals surface area contributed by atoms with Crippen LogP contribution in [-0.2, 0) is 14.3 Å². The van der Waals surface area contributed by atoms with E-state index in [1.807, 2.05) is 6.92 Å². The highest BCUT2D eigenvalue weighted by molar-refractivity contribution is 5.71. The Morgan fingerprint density at radius 1 is 1.47 bits per heavy atom. The Balaban J connectivity index is 2.39. The molecule has 19 heavy (non-hydrogen) atoms. The molecule has 1 fully saturated rings. The van der Waals surface area contributed by atoms with E-state index in [2.05, 4.69) is 20.8 Å². The van der Waals surface area contributed by atoms with E-state index in [1.165, 1.54) is 12.8 Å². The maximum absolute atomic E-state index is 11.6. The van der Waals surface area contributed by atoms with Crippen LogP contribution in [0.25, 0.3) is 0 Å². The minimum absolute atomic E-state index is 0.0595. The fraction of sp³-hybridized carbons (Fsp3) is 0.812. The van der Waals surface area contributed by atoms with Crippen LogP contribution in [0.3, 0.4) is 0 Å². The van der Waals surface area contributed by atoms with Crippen LogP contribution in [0.5, 0.6) is 0 Å². The lowest BCUT2D eigenvalue weighted by molar-refractivity contribution is -0.148. The van der Waals surface area contributed by atoms with Gasteiger partial charge in [-0.25, -0.2) is 4.79 Å². The Kier molecular flexibility index (Phi) is 6.05. The highest BCUT2D eigenvalue weighted by atomic mass is 16.6. The molecule has 2 unspecified atom stereocenters. The minimum atomic E-state index is -0.299. The summed E-state index contributed by atoms with van der Waals surface area (Å²) in [5.74, 6) is 0.979. The molecule has 0 aliphatic heterocycles. The number of carbonyl (C=O) groups is 1. The van der Waals surface area contributed by atoms with Crippen molar-refractivity contribution in [3.05, 3.63) is 11.8 Å². The molecule has 0 aromatic rings. The van der Waals surface area contributed by atoms with Crippen LogP contribution in [0.4, 0.5) is 0 Å². The number of allylic oxidation sites excluding steroid dienone is 2. The van der Waals surface area contributed by atoms with E-state index in [1.54, 1.807) is 13.0 Å². The number of hydrogen-bond donors (Lipinski definition) is 0. The summed E-state index contributed by atoms with van der Waals surface area (Å²) >= 11 is 0. The lowest BCUT2D eigenvalue weighted by Gasteiger charge is -2.41. The van der Waals surface area contributed by atoms with Crippen LogP contribution in [-0.4, -0.2) is 18.7 Å². The maximum atomic E-state index is 11.6. The molecule has 3 heteroatoms. The van der Waals surface area contributed by atoms with Crippen molar-refractivity contribution in [3.8, 4) is 0 Å². The Labute approximate surface area is 117 Å². The normalized spacial score (nSPS) is 28.5. The fourth-order valence-electron chi connectivity index (χ4n) is 2.58. The van der Waals surface area contributed by atoms with Gasteiger partial charge in [-0.1, -0.05) is 27.2 Å². The molecule has 0 saturated heterocycles. The van der Waals surface area contributed by atoms with Gasteiger partial charge in [-0.3, -0.25) is 0 Å². The molecule has 0 radical (unpaired) electrons. The monoisotopic (exact) mass is 268 g/mol. The second-order valence-corrected chi connectivity index (χ2v) is 6.21. The summed E-state index contributed by atoms with van der Waals surface area (Å²) < 4.78 is 10.8. The van der Waals surface area contributed by atoms with Gasteiger partial charge < -0.3 is 9.47 Å². The average molecular weight is 268 g/mol. The Morgan fingerprint density at radius 3 is 2.74 bits per heavy atom. The molecule has 1 aliphatic carbocycles. The SMILES string of the molecule is CC=C(C)OC(=O)COC1CCCC(C)(C(C)C)C1. The van der Waals surface area contributed by atoms with Crippen molar-refractivity contribution in [2.75, 3.05) is 6.61 Å². The molecule has 110 valence electrons. The standard InChI is InChI=1S/C16H28O3/c1-6-13(4)19-15(17)11-18-14-8-7-9-16(5,10-14)12(2)3/h6,12,14H,7-11H2,1-5H3. The van der Waals surface area contributed by atoms with Crippen molar-refractivity contribution in [2.45, 2.75) is 66.4 Å². The van der Waals surface area contributed by atoms with Crippen molar-refractivity contribution in [2.24, 2.45) is 11.3 Å². The molecular weight excluding hydrogens is 240 g/mol. The topological polar surface area (TPSA) is 35.5 Å². The molecule has 0 heterocycles. The van der Waals surface area contributed by atoms with Gasteiger partial charge in [0.05, 0.1) is 6.10 Å². The van der Waals surface area contributed by atoms with Crippen LogP contribution in [0, 0.1) is 11.3 Å². The number of carbonyl (C=O) groups excluding carboxylic acids is 1. The predicted molar refractivity (Wildman–Crippen MR) is 76.7 cm³/mol. The molecule has 1 rings (SSSR count). The summed E-state index contributed by atoms with van der Waals surface area (Å²) in [5, 5.41) is 0. The molecule has 0 aromatic carbocycles. The van der Waals surface area contributed by atoms with E-state index in [0.29, 0.717) is 17.1 Å². The number of rotatable bonds is 5. The first-order valence-corrected chi connectivity index (χ1v) is 7.32. The zero-order chi connectivity index (χ0) is 14.5. The first-order valence-electron chi connectivity index (χ1n) is 7.32. The number of esters is 1. The van der Waals surface area contributed by atoms with Crippen LogP contribution >= 0.6 is 0 Å². The summed E-state index contributed by atoms with van der Waals surface area (Å²) in [7, 11) is 0. The van der Waals surface area contributed by atoms with Crippen molar-refractivity contribution >= 4 is 5.97 Å². The van der Waals surface area contributed by atoms with Crippen LogP contribution in [0.15, 0.2) is 11.8 Å².